The lowest BCUT2D eigenvalue weighted by atomic mass is 10.1. The average Bonchev–Trinajstić information content (AvgIpc) is 2.39. The molecule has 0 saturated carbocycles. The first-order valence-corrected chi connectivity index (χ1v) is 7.03. The molecule has 5 heteroatoms. The van der Waals surface area contributed by atoms with E-state index in [0.717, 1.165) is 19.5 Å². The van der Waals surface area contributed by atoms with E-state index < -0.39 is 5.82 Å². The van der Waals surface area contributed by atoms with Crippen LogP contribution in [-0.4, -0.2) is 23.9 Å². The van der Waals surface area contributed by atoms with Crippen LogP contribution >= 0.6 is 11.6 Å². The second-order valence-corrected chi connectivity index (χ2v) is 5.29. The molecule has 0 radical (unpaired) electrons. The van der Waals surface area contributed by atoms with Gasteiger partial charge in [0.25, 0.3) is 5.91 Å². The Morgan fingerprint density at radius 2 is 2.00 bits per heavy atom. The highest BCUT2D eigenvalue weighted by atomic mass is 35.5. The maximum Gasteiger partial charge on any atom is 0.253 e. The molecule has 21 heavy (non-hydrogen) atoms. The van der Waals surface area contributed by atoms with Gasteiger partial charge in [0, 0.05) is 23.7 Å². The van der Waals surface area contributed by atoms with Crippen molar-refractivity contribution in [2.75, 3.05) is 13.1 Å². The van der Waals surface area contributed by atoms with Crippen molar-refractivity contribution in [1.82, 2.24) is 4.90 Å². The Morgan fingerprint density at radius 1 is 1.19 bits per heavy atom. The number of halogens is 2. The summed E-state index contributed by atoms with van der Waals surface area (Å²) < 4.78 is 19.5. The number of carbonyl (C=O) groups is 1. The zero-order chi connectivity index (χ0) is 14.8. The van der Waals surface area contributed by atoms with E-state index in [-0.39, 0.29) is 11.7 Å². The van der Waals surface area contributed by atoms with Gasteiger partial charge < -0.3 is 9.64 Å². The van der Waals surface area contributed by atoms with Crippen LogP contribution in [0.2, 0.25) is 5.02 Å². The molecule has 3 nitrogen and oxygen atoms in total. The van der Waals surface area contributed by atoms with Crippen molar-refractivity contribution in [3.63, 3.8) is 0 Å². The van der Waals surface area contributed by atoms with Crippen molar-refractivity contribution in [1.29, 1.82) is 0 Å². The molecule has 0 spiro atoms. The van der Waals surface area contributed by atoms with Crippen LogP contribution in [-0.2, 0) is 0 Å². The predicted molar refractivity (Wildman–Crippen MR) is 78.4 cm³/mol. The van der Waals surface area contributed by atoms with Crippen LogP contribution in [0.25, 0.3) is 0 Å². The van der Waals surface area contributed by atoms with E-state index >= 15 is 0 Å². The van der Waals surface area contributed by atoms with Crippen LogP contribution < -0.4 is 4.74 Å². The topological polar surface area (TPSA) is 29.5 Å². The molecule has 2 aromatic rings. The Kier molecular flexibility index (Phi) is 3.80. The maximum absolute atomic E-state index is 14.1. The number of rotatable bonds is 3. The van der Waals surface area contributed by atoms with Gasteiger partial charge >= 0.3 is 0 Å². The first-order valence-electron chi connectivity index (χ1n) is 6.66. The second kappa shape index (κ2) is 5.74. The molecule has 0 N–H and O–H groups in total. The number of amides is 1. The molecule has 1 amide bonds. The summed E-state index contributed by atoms with van der Waals surface area (Å²) in [6.45, 7) is 1.47. The largest absolute Gasteiger partial charge is 0.454 e. The van der Waals surface area contributed by atoms with Crippen LogP contribution in [0.3, 0.4) is 0 Å². The molecule has 1 fully saturated rings. The molecule has 0 atom stereocenters. The fourth-order valence-electron chi connectivity index (χ4n) is 2.08. The van der Waals surface area contributed by atoms with E-state index in [9.17, 15) is 9.18 Å². The lowest BCUT2D eigenvalue weighted by Crippen LogP contribution is -2.42. The second-order valence-electron chi connectivity index (χ2n) is 4.85. The van der Waals surface area contributed by atoms with E-state index in [0.29, 0.717) is 16.3 Å². The standard InChI is InChI=1S/C16H13ClFNO2/c17-12-3-1-4-13(10-12)21-15-6-5-11(9-14(15)18)16(20)19-7-2-8-19/h1,3-6,9-10H,2,7-8H2. The normalized spacial score (nSPS) is 13.7. The first-order chi connectivity index (χ1) is 10.1. The molecular weight excluding hydrogens is 293 g/mol. The summed E-state index contributed by atoms with van der Waals surface area (Å²) in [7, 11) is 0. The molecule has 0 aliphatic carbocycles. The highest BCUT2D eigenvalue weighted by Gasteiger charge is 2.22. The molecule has 0 bridgehead atoms. The minimum atomic E-state index is -0.568. The first kappa shape index (κ1) is 13.9. The van der Waals surface area contributed by atoms with Crippen molar-refractivity contribution in [3.8, 4) is 11.5 Å². The Hall–Kier alpha value is -2.07. The fourth-order valence-corrected chi connectivity index (χ4v) is 2.26. The number of carbonyl (C=O) groups excluding carboxylic acids is 1. The highest BCUT2D eigenvalue weighted by Crippen LogP contribution is 2.27. The summed E-state index contributed by atoms with van der Waals surface area (Å²) in [5.74, 6) is -0.198. The number of nitrogens with zero attached hydrogens (tertiary/aromatic N) is 1. The van der Waals surface area contributed by atoms with Gasteiger partial charge in [-0.1, -0.05) is 17.7 Å². The number of hydrogen-bond acceptors (Lipinski definition) is 2. The number of hydrogen-bond donors (Lipinski definition) is 0. The SMILES string of the molecule is O=C(c1ccc(Oc2cccc(Cl)c2)c(F)c1)N1CCC1. The van der Waals surface area contributed by atoms with Gasteiger partial charge in [-0.3, -0.25) is 4.79 Å². The number of likely N-dealkylation sites (tertiary alicyclic amines) is 1. The lowest BCUT2D eigenvalue weighted by molar-refractivity contribution is 0.0651. The van der Waals surface area contributed by atoms with Gasteiger partial charge in [-0.05, 0) is 42.8 Å². The molecule has 0 aromatic heterocycles. The fraction of sp³-hybridized carbons (Fsp3) is 0.188. The molecular formula is C16H13ClFNO2. The molecule has 3 rings (SSSR count). The van der Waals surface area contributed by atoms with Gasteiger partial charge in [-0.25, -0.2) is 4.39 Å². The third-order valence-corrected chi connectivity index (χ3v) is 3.58. The Labute approximate surface area is 126 Å². The van der Waals surface area contributed by atoms with Gasteiger partial charge in [-0.2, -0.15) is 0 Å². The maximum atomic E-state index is 14.1. The highest BCUT2D eigenvalue weighted by molar-refractivity contribution is 6.30. The molecule has 1 saturated heterocycles. The van der Waals surface area contributed by atoms with Gasteiger partial charge in [0.05, 0.1) is 0 Å². The zero-order valence-corrected chi connectivity index (χ0v) is 11.9. The quantitative estimate of drug-likeness (QED) is 0.854. The minimum absolute atomic E-state index is 0.0671. The molecule has 108 valence electrons. The zero-order valence-electron chi connectivity index (χ0n) is 11.2. The molecule has 1 heterocycles. The molecule has 1 aliphatic heterocycles. The third kappa shape index (κ3) is 3.00. The Bertz CT molecular complexity index is 686. The Balaban J connectivity index is 1.79. The van der Waals surface area contributed by atoms with Crippen molar-refractivity contribution >= 4 is 17.5 Å². The summed E-state index contributed by atoms with van der Waals surface area (Å²) in [6.07, 6.45) is 1.00. The summed E-state index contributed by atoms with van der Waals surface area (Å²) in [5.41, 5.74) is 0.339. The number of ether oxygens (including phenoxy) is 1. The van der Waals surface area contributed by atoms with Crippen molar-refractivity contribution in [2.24, 2.45) is 0 Å². The van der Waals surface area contributed by atoms with Crippen LogP contribution in [0.15, 0.2) is 42.5 Å². The summed E-state index contributed by atoms with van der Waals surface area (Å²) in [6, 6.07) is 11.0. The van der Waals surface area contributed by atoms with Crippen LogP contribution in [0.1, 0.15) is 16.8 Å². The van der Waals surface area contributed by atoms with Crippen LogP contribution in [0, 0.1) is 5.82 Å². The Morgan fingerprint density at radius 3 is 2.62 bits per heavy atom. The number of benzene rings is 2. The summed E-state index contributed by atoms with van der Waals surface area (Å²) >= 11 is 5.85. The minimum Gasteiger partial charge on any atom is -0.454 e. The summed E-state index contributed by atoms with van der Waals surface area (Å²) in [4.78, 5) is 13.7. The van der Waals surface area contributed by atoms with E-state index in [1.54, 1.807) is 35.2 Å². The molecule has 1 aliphatic rings. The molecule has 0 unspecified atom stereocenters. The van der Waals surface area contributed by atoms with Crippen molar-refractivity contribution in [2.45, 2.75) is 6.42 Å². The van der Waals surface area contributed by atoms with Gasteiger partial charge in [0.15, 0.2) is 11.6 Å². The van der Waals surface area contributed by atoms with Gasteiger partial charge in [0.1, 0.15) is 5.75 Å². The monoisotopic (exact) mass is 305 g/mol. The van der Waals surface area contributed by atoms with Crippen LogP contribution in [0.5, 0.6) is 11.5 Å². The van der Waals surface area contributed by atoms with Crippen molar-refractivity contribution in [3.05, 3.63) is 58.9 Å². The van der Waals surface area contributed by atoms with Crippen LogP contribution in [0.4, 0.5) is 4.39 Å². The van der Waals surface area contributed by atoms with E-state index in [2.05, 4.69) is 0 Å². The smallest absolute Gasteiger partial charge is 0.253 e. The lowest BCUT2D eigenvalue weighted by Gasteiger charge is -2.30. The van der Waals surface area contributed by atoms with Gasteiger partial charge in [0.2, 0.25) is 0 Å². The van der Waals surface area contributed by atoms with E-state index in [4.69, 9.17) is 16.3 Å². The predicted octanol–water partition coefficient (Wildman–Crippen LogP) is 4.12. The van der Waals surface area contributed by atoms with Crippen molar-refractivity contribution < 1.29 is 13.9 Å². The van der Waals surface area contributed by atoms with Gasteiger partial charge in [-0.15, -0.1) is 0 Å². The average molecular weight is 306 g/mol. The molecule has 2 aromatic carbocycles. The third-order valence-electron chi connectivity index (χ3n) is 3.35. The summed E-state index contributed by atoms with van der Waals surface area (Å²) in [5, 5.41) is 0.512. The van der Waals surface area contributed by atoms with E-state index in [1.807, 2.05) is 0 Å². The van der Waals surface area contributed by atoms with E-state index in [1.165, 1.54) is 12.1 Å².